The molecule has 102 valence electrons. The lowest BCUT2D eigenvalue weighted by Crippen LogP contribution is -2.24. The summed E-state index contributed by atoms with van der Waals surface area (Å²) in [7, 11) is 0. The first-order valence-electron chi connectivity index (χ1n) is 7.42. The SMILES string of the molecule is c1ccc(C2CC2NCC2CSc3ccccc32)cc1. The lowest BCUT2D eigenvalue weighted by molar-refractivity contribution is 0.609. The topological polar surface area (TPSA) is 12.0 Å². The third-order valence-electron chi connectivity index (χ3n) is 4.44. The van der Waals surface area contributed by atoms with Gasteiger partial charge in [-0.15, -0.1) is 11.8 Å². The summed E-state index contributed by atoms with van der Waals surface area (Å²) in [5.74, 6) is 2.66. The van der Waals surface area contributed by atoms with Gasteiger partial charge in [-0.3, -0.25) is 0 Å². The maximum Gasteiger partial charge on any atom is 0.0143 e. The standard InChI is InChI=1S/C18H19NS/c1-2-6-13(7-3-1)16-10-17(16)19-11-14-12-20-18-9-5-4-8-15(14)18/h1-9,14,16-17,19H,10-12H2. The smallest absolute Gasteiger partial charge is 0.0143 e. The number of thioether (sulfide) groups is 1. The van der Waals surface area contributed by atoms with Crippen molar-refractivity contribution in [2.24, 2.45) is 0 Å². The molecule has 2 aliphatic rings. The second-order valence-electron chi connectivity index (χ2n) is 5.81. The van der Waals surface area contributed by atoms with Gasteiger partial charge in [-0.2, -0.15) is 0 Å². The summed E-state index contributed by atoms with van der Waals surface area (Å²) in [5, 5.41) is 3.77. The first-order valence-corrected chi connectivity index (χ1v) is 8.40. The highest BCUT2D eigenvalue weighted by atomic mass is 32.2. The van der Waals surface area contributed by atoms with Gasteiger partial charge in [0.2, 0.25) is 0 Å². The molecule has 0 spiro atoms. The summed E-state index contributed by atoms with van der Waals surface area (Å²) in [6, 6.07) is 20.5. The van der Waals surface area contributed by atoms with E-state index in [2.05, 4.69) is 59.9 Å². The Morgan fingerprint density at radius 2 is 1.80 bits per heavy atom. The Balaban J connectivity index is 1.35. The fourth-order valence-electron chi connectivity index (χ4n) is 3.18. The minimum Gasteiger partial charge on any atom is -0.313 e. The van der Waals surface area contributed by atoms with Gasteiger partial charge in [0, 0.05) is 35.1 Å². The predicted molar refractivity (Wildman–Crippen MR) is 85.5 cm³/mol. The molecule has 0 radical (unpaired) electrons. The van der Waals surface area contributed by atoms with Gasteiger partial charge in [-0.25, -0.2) is 0 Å². The number of benzene rings is 2. The van der Waals surface area contributed by atoms with Crippen molar-refractivity contribution in [2.45, 2.75) is 29.2 Å². The molecule has 4 rings (SSSR count). The monoisotopic (exact) mass is 281 g/mol. The average molecular weight is 281 g/mol. The minimum atomic E-state index is 0.688. The van der Waals surface area contributed by atoms with Crippen LogP contribution in [0.25, 0.3) is 0 Å². The Bertz CT molecular complexity index is 595. The van der Waals surface area contributed by atoms with Gasteiger partial charge in [0.15, 0.2) is 0 Å². The molecule has 1 heterocycles. The van der Waals surface area contributed by atoms with Gasteiger partial charge in [-0.05, 0) is 23.6 Å². The third kappa shape index (κ3) is 2.38. The van der Waals surface area contributed by atoms with Crippen molar-refractivity contribution in [2.75, 3.05) is 12.3 Å². The zero-order chi connectivity index (χ0) is 13.4. The first kappa shape index (κ1) is 12.5. The Labute approximate surface area is 124 Å². The van der Waals surface area contributed by atoms with Crippen LogP contribution in [0.1, 0.15) is 29.4 Å². The Morgan fingerprint density at radius 1 is 1.00 bits per heavy atom. The lowest BCUT2D eigenvalue weighted by Gasteiger charge is -2.12. The Hall–Kier alpha value is -1.25. The summed E-state index contributed by atoms with van der Waals surface area (Å²) in [6.45, 7) is 1.12. The molecule has 20 heavy (non-hydrogen) atoms. The van der Waals surface area contributed by atoms with Crippen molar-refractivity contribution in [3.63, 3.8) is 0 Å². The van der Waals surface area contributed by atoms with Crippen LogP contribution >= 0.6 is 11.8 Å². The summed E-state index contributed by atoms with van der Waals surface area (Å²) >= 11 is 2.01. The summed E-state index contributed by atoms with van der Waals surface area (Å²) in [5.41, 5.74) is 3.04. The zero-order valence-corrected chi connectivity index (χ0v) is 12.3. The molecule has 3 unspecified atom stereocenters. The quantitative estimate of drug-likeness (QED) is 0.908. The fraction of sp³-hybridized carbons (Fsp3) is 0.333. The van der Waals surface area contributed by atoms with E-state index in [4.69, 9.17) is 0 Å². The summed E-state index contributed by atoms with van der Waals surface area (Å²) < 4.78 is 0. The maximum atomic E-state index is 3.77. The molecule has 1 aliphatic heterocycles. The molecule has 2 aromatic rings. The normalized spacial score (nSPS) is 27.3. The van der Waals surface area contributed by atoms with Crippen LogP contribution in [0.2, 0.25) is 0 Å². The molecule has 3 atom stereocenters. The van der Waals surface area contributed by atoms with Gasteiger partial charge >= 0.3 is 0 Å². The van der Waals surface area contributed by atoms with E-state index in [0.29, 0.717) is 12.0 Å². The lowest BCUT2D eigenvalue weighted by atomic mass is 10.0. The van der Waals surface area contributed by atoms with E-state index >= 15 is 0 Å². The molecule has 0 amide bonds. The highest BCUT2D eigenvalue weighted by Crippen LogP contribution is 2.42. The second kappa shape index (κ2) is 5.27. The molecule has 2 aromatic carbocycles. The Morgan fingerprint density at radius 3 is 2.70 bits per heavy atom. The summed E-state index contributed by atoms with van der Waals surface area (Å²) in [4.78, 5) is 1.48. The van der Waals surface area contributed by atoms with Crippen LogP contribution in [0.5, 0.6) is 0 Å². The minimum absolute atomic E-state index is 0.688. The molecule has 1 nitrogen and oxygen atoms in total. The van der Waals surface area contributed by atoms with Gasteiger partial charge in [0.05, 0.1) is 0 Å². The van der Waals surface area contributed by atoms with Crippen molar-refractivity contribution in [3.05, 3.63) is 65.7 Å². The maximum absolute atomic E-state index is 3.77. The molecular weight excluding hydrogens is 262 g/mol. The molecule has 0 bridgehead atoms. The third-order valence-corrected chi connectivity index (χ3v) is 5.70. The van der Waals surface area contributed by atoms with E-state index in [1.54, 1.807) is 5.56 Å². The molecule has 1 saturated carbocycles. The fourth-order valence-corrected chi connectivity index (χ4v) is 4.44. The highest BCUT2D eigenvalue weighted by Gasteiger charge is 2.38. The highest BCUT2D eigenvalue weighted by molar-refractivity contribution is 7.99. The van der Waals surface area contributed by atoms with Gasteiger partial charge in [0.25, 0.3) is 0 Å². The van der Waals surface area contributed by atoms with Gasteiger partial charge in [0.1, 0.15) is 0 Å². The van der Waals surface area contributed by atoms with Crippen LogP contribution < -0.4 is 5.32 Å². The molecule has 0 aromatic heterocycles. The van der Waals surface area contributed by atoms with Crippen molar-refractivity contribution < 1.29 is 0 Å². The van der Waals surface area contributed by atoms with E-state index in [9.17, 15) is 0 Å². The van der Waals surface area contributed by atoms with Crippen molar-refractivity contribution >= 4 is 11.8 Å². The van der Waals surface area contributed by atoms with Crippen LogP contribution in [-0.4, -0.2) is 18.3 Å². The molecule has 1 fully saturated rings. The number of hydrogen-bond acceptors (Lipinski definition) is 2. The second-order valence-corrected chi connectivity index (χ2v) is 6.88. The van der Waals surface area contributed by atoms with E-state index in [-0.39, 0.29) is 0 Å². The number of fused-ring (bicyclic) bond motifs is 1. The van der Waals surface area contributed by atoms with Gasteiger partial charge < -0.3 is 5.32 Å². The van der Waals surface area contributed by atoms with Crippen molar-refractivity contribution in [1.29, 1.82) is 0 Å². The first-order chi connectivity index (χ1) is 9.92. The zero-order valence-electron chi connectivity index (χ0n) is 11.5. The van der Waals surface area contributed by atoms with Crippen LogP contribution in [0.3, 0.4) is 0 Å². The number of nitrogens with one attached hydrogen (secondary N) is 1. The predicted octanol–water partition coefficient (Wildman–Crippen LogP) is 4.02. The van der Waals surface area contributed by atoms with Crippen molar-refractivity contribution in [1.82, 2.24) is 5.32 Å². The van der Waals surface area contributed by atoms with Crippen LogP contribution in [0.4, 0.5) is 0 Å². The molecule has 1 N–H and O–H groups in total. The average Bonchev–Trinajstić information content (AvgIpc) is 3.18. The van der Waals surface area contributed by atoms with Gasteiger partial charge in [-0.1, -0.05) is 48.5 Å². The largest absolute Gasteiger partial charge is 0.313 e. The van der Waals surface area contributed by atoms with E-state index in [1.165, 1.54) is 22.6 Å². The van der Waals surface area contributed by atoms with E-state index < -0.39 is 0 Å². The van der Waals surface area contributed by atoms with Crippen molar-refractivity contribution in [3.8, 4) is 0 Å². The van der Waals surface area contributed by atoms with E-state index in [0.717, 1.165) is 12.5 Å². The van der Waals surface area contributed by atoms with Crippen LogP contribution in [0, 0.1) is 0 Å². The molecule has 2 heteroatoms. The molecular formula is C18H19NS. The number of rotatable bonds is 4. The Kier molecular flexibility index (Phi) is 3.29. The van der Waals surface area contributed by atoms with Crippen LogP contribution in [0.15, 0.2) is 59.5 Å². The molecule has 0 saturated heterocycles. The summed E-state index contributed by atoms with van der Waals surface area (Å²) in [6.07, 6.45) is 1.30. The van der Waals surface area contributed by atoms with Crippen LogP contribution in [-0.2, 0) is 0 Å². The molecule has 1 aliphatic carbocycles. The van der Waals surface area contributed by atoms with E-state index in [1.807, 2.05) is 11.8 Å². The number of hydrogen-bond donors (Lipinski definition) is 1.